The molecule has 1 rings (SSSR count). The van der Waals surface area contributed by atoms with E-state index in [-0.39, 0.29) is 47.3 Å². The van der Waals surface area contributed by atoms with Crippen molar-refractivity contribution in [3.8, 4) is 0 Å². The molecule has 0 aromatic carbocycles. The fourth-order valence-corrected chi connectivity index (χ4v) is 2.69. The number of halogens is 2. The van der Waals surface area contributed by atoms with Gasteiger partial charge in [-0.25, -0.2) is 13.6 Å². The number of piperidine rings is 1. The van der Waals surface area contributed by atoms with E-state index in [1.165, 1.54) is 19.4 Å². The van der Waals surface area contributed by atoms with Crippen LogP contribution in [0, 0.1) is 11.8 Å². The van der Waals surface area contributed by atoms with E-state index in [4.69, 9.17) is 4.74 Å². The van der Waals surface area contributed by atoms with Gasteiger partial charge < -0.3 is 30.9 Å². The van der Waals surface area contributed by atoms with Crippen LogP contribution in [0.25, 0.3) is 0 Å². The summed E-state index contributed by atoms with van der Waals surface area (Å²) in [6.45, 7) is 16.0. The van der Waals surface area contributed by atoms with E-state index in [1.807, 2.05) is 47.6 Å². The predicted octanol–water partition coefficient (Wildman–Crippen LogP) is 2.59. The summed E-state index contributed by atoms with van der Waals surface area (Å²) < 4.78 is 31.0. The van der Waals surface area contributed by atoms with Gasteiger partial charge in [0.1, 0.15) is 5.60 Å². The summed E-state index contributed by atoms with van der Waals surface area (Å²) in [6.07, 6.45) is 9.12. The number of carbonyl (C=O) groups excluding carboxylic acids is 3. The summed E-state index contributed by atoms with van der Waals surface area (Å²) in [5, 5.41) is 0. The molecule has 0 aromatic rings. The molecule has 1 aliphatic rings. The molecule has 6 nitrogen and oxygen atoms in total. The molecular formula is C26H42F2N2NaO4-. The van der Waals surface area contributed by atoms with Crippen LogP contribution in [0.2, 0.25) is 0 Å². The first-order valence-corrected chi connectivity index (χ1v) is 11.4. The average molecular weight is 508 g/mol. The minimum Gasteiger partial charge on any atom is -0.444 e. The number of nitrogens with zero attached hydrogens (tertiary/aromatic N) is 1. The van der Waals surface area contributed by atoms with E-state index < -0.39 is 17.1 Å². The molecule has 0 saturated carbocycles. The predicted molar refractivity (Wildman–Crippen MR) is 133 cm³/mol. The third-order valence-electron chi connectivity index (χ3n) is 4.87. The number of amides is 1. The number of hydrogen-bond donors (Lipinski definition) is 1. The van der Waals surface area contributed by atoms with E-state index in [2.05, 4.69) is 12.3 Å². The van der Waals surface area contributed by atoms with Crippen molar-refractivity contribution in [3.63, 3.8) is 0 Å². The Bertz CT molecular complexity index is 713. The van der Waals surface area contributed by atoms with Crippen LogP contribution < -0.4 is 35.3 Å². The standard InChI is InChI=1S/C13H17F2O.C12H20NO3.CH5N.Na/c1-5-10(2)7-6-8-12(9-16)11(3)13(4,14)15;1-9-7-10(8-14)5-6-13(9)11(15)16-12(2,3)4;1-2;/h6-8,10H,3,5H2,1-2,4H3;8-9H,5-7H2,1-4H3;2H2,1H3;/q2*-1;;+1/b7-6-,12-8-;;;. The molecule has 1 aliphatic heterocycles. The zero-order chi connectivity index (χ0) is 27.1. The Labute approximate surface area is 232 Å². The van der Waals surface area contributed by atoms with Gasteiger partial charge in [0, 0.05) is 6.04 Å². The first-order valence-electron chi connectivity index (χ1n) is 11.4. The van der Waals surface area contributed by atoms with E-state index in [9.17, 15) is 23.2 Å². The Morgan fingerprint density at radius 1 is 1.31 bits per heavy atom. The number of aldehydes is 1. The van der Waals surface area contributed by atoms with Crippen LogP contribution in [0.15, 0.2) is 36.0 Å². The molecule has 2 N–H and O–H groups in total. The largest absolute Gasteiger partial charge is 1.00 e. The van der Waals surface area contributed by atoms with Crippen LogP contribution in [0.3, 0.4) is 0 Å². The molecule has 0 radical (unpaired) electrons. The van der Waals surface area contributed by atoms with Gasteiger partial charge in [0.05, 0.1) is 6.29 Å². The summed E-state index contributed by atoms with van der Waals surface area (Å²) in [6, 6.07) is 0.0452. The van der Waals surface area contributed by atoms with E-state index in [1.54, 1.807) is 11.0 Å². The fourth-order valence-electron chi connectivity index (χ4n) is 2.69. The van der Waals surface area contributed by atoms with Crippen molar-refractivity contribution >= 4 is 18.7 Å². The van der Waals surface area contributed by atoms with Crippen molar-refractivity contribution in [2.75, 3.05) is 13.6 Å². The summed E-state index contributed by atoms with van der Waals surface area (Å²) in [4.78, 5) is 34.7. The molecule has 2 atom stereocenters. The van der Waals surface area contributed by atoms with Crippen LogP contribution in [-0.2, 0) is 14.3 Å². The quantitative estimate of drug-likeness (QED) is 0.188. The summed E-state index contributed by atoms with van der Waals surface area (Å²) >= 11 is 0. The monoisotopic (exact) mass is 507 g/mol. The van der Waals surface area contributed by atoms with Gasteiger partial charge in [-0.15, -0.1) is 31.1 Å². The summed E-state index contributed by atoms with van der Waals surface area (Å²) in [5.41, 5.74) is 3.34. The van der Waals surface area contributed by atoms with Gasteiger partial charge in [0.25, 0.3) is 0 Å². The zero-order valence-electron chi connectivity index (χ0n) is 22.9. The van der Waals surface area contributed by atoms with Crippen LogP contribution in [0.1, 0.15) is 67.7 Å². The van der Waals surface area contributed by atoms with E-state index in [0.29, 0.717) is 32.2 Å². The number of allylic oxidation sites excluding steroid dienone is 5. The average Bonchev–Trinajstić information content (AvgIpc) is 2.75. The van der Waals surface area contributed by atoms with Gasteiger partial charge in [-0.3, -0.25) is 0 Å². The third-order valence-corrected chi connectivity index (χ3v) is 4.87. The van der Waals surface area contributed by atoms with Gasteiger partial charge in [0.2, 0.25) is 5.92 Å². The number of alkyl halides is 2. The molecule has 196 valence electrons. The van der Waals surface area contributed by atoms with Crippen molar-refractivity contribution in [3.05, 3.63) is 41.9 Å². The molecule has 0 spiro atoms. The maximum absolute atomic E-state index is 12.9. The van der Waals surface area contributed by atoms with Crippen molar-refractivity contribution in [1.82, 2.24) is 4.90 Å². The minimum absolute atomic E-state index is 0. The van der Waals surface area contributed by atoms with Crippen molar-refractivity contribution in [1.29, 1.82) is 0 Å². The van der Waals surface area contributed by atoms with Crippen LogP contribution in [0.5, 0.6) is 0 Å². The molecule has 2 unspecified atom stereocenters. The maximum Gasteiger partial charge on any atom is 1.00 e. The van der Waals surface area contributed by atoms with Crippen LogP contribution >= 0.6 is 0 Å². The van der Waals surface area contributed by atoms with Gasteiger partial charge in [-0.1, -0.05) is 31.9 Å². The van der Waals surface area contributed by atoms with Crippen LogP contribution in [-0.4, -0.2) is 54.7 Å². The number of hydrogen-bond acceptors (Lipinski definition) is 5. The Balaban J connectivity index is -0.000000532. The van der Waals surface area contributed by atoms with Gasteiger partial charge in [0.15, 0.2) is 0 Å². The van der Waals surface area contributed by atoms with E-state index >= 15 is 0 Å². The SMILES string of the molecule is C=C(/C([C-]=O)=C\C=C/C(C)CC)C(C)(F)F.CC1C[C-](C=O)CCN1C(=O)OC(C)(C)C.CN.[Na+]. The topological polar surface area (TPSA) is 89.7 Å². The first-order chi connectivity index (χ1) is 15.7. The Morgan fingerprint density at radius 3 is 2.23 bits per heavy atom. The Kier molecular flexibility index (Phi) is 20.4. The second-order valence-corrected chi connectivity index (χ2v) is 9.07. The number of ether oxygens (including phenoxy) is 1. The minimum atomic E-state index is -3.09. The Hall–Kier alpha value is -1.48. The molecule has 0 bridgehead atoms. The van der Waals surface area contributed by atoms with E-state index in [0.717, 1.165) is 18.6 Å². The summed E-state index contributed by atoms with van der Waals surface area (Å²) in [5.74, 6) is -1.86. The molecule has 1 fully saturated rings. The number of nitrogens with two attached hydrogens (primary N) is 1. The molecule has 1 amide bonds. The first kappa shape index (κ1) is 38.1. The zero-order valence-corrected chi connectivity index (χ0v) is 24.9. The molecular weight excluding hydrogens is 465 g/mol. The molecule has 1 saturated heterocycles. The maximum atomic E-state index is 12.9. The van der Waals surface area contributed by atoms with Gasteiger partial charge in [-0.05, 0) is 60.4 Å². The molecule has 0 aliphatic carbocycles. The summed E-state index contributed by atoms with van der Waals surface area (Å²) in [7, 11) is 1.50. The van der Waals surface area contributed by atoms with Gasteiger partial charge in [-0.2, -0.15) is 6.08 Å². The van der Waals surface area contributed by atoms with Crippen LogP contribution in [0.4, 0.5) is 13.6 Å². The Morgan fingerprint density at radius 2 is 1.86 bits per heavy atom. The third kappa shape index (κ3) is 16.8. The normalized spacial score (nSPS) is 17.1. The van der Waals surface area contributed by atoms with Gasteiger partial charge >= 0.3 is 35.7 Å². The molecule has 9 heteroatoms. The molecule has 1 heterocycles. The van der Waals surface area contributed by atoms with Crippen molar-refractivity contribution in [2.24, 2.45) is 11.7 Å². The number of carbonyl (C=O) groups is 2. The smallest absolute Gasteiger partial charge is 0.444 e. The van der Waals surface area contributed by atoms with Crippen molar-refractivity contribution in [2.45, 2.75) is 85.3 Å². The second-order valence-electron chi connectivity index (χ2n) is 9.07. The van der Waals surface area contributed by atoms with Crippen molar-refractivity contribution < 1.29 is 57.5 Å². The molecule has 0 aromatic heterocycles. The number of rotatable bonds is 7. The second kappa shape index (κ2) is 18.7. The molecule has 35 heavy (non-hydrogen) atoms. The number of likely N-dealkylation sites (tertiary alicyclic amines) is 1. The fraction of sp³-hybridized carbons (Fsp3) is 0.615.